The Balaban J connectivity index is 2.13. The van der Waals surface area contributed by atoms with Crippen molar-refractivity contribution >= 4 is 11.6 Å². The molecule has 2 heterocycles. The van der Waals surface area contributed by atoms with Gasteiger partial charge in [0.1, 0.15) is 5.75 Å². The van der Waals surface area contributed by atoms with Gasteiger partial charge in [0.05, 0.1) is 18.6 Å². The van der Waals surface area contributed by atoms with Gasteiger partial charge in [-0.1, -0.05) is 0 Å². The SMILES string of the molecule is CC(C)n1cc(Oc2cncc(CCl)c2)cn1. The van der Waals surface area contributed by atoms with Crippen molar-refractivity contribution in [3.63, 3.8) is 0 Å². The molecule has 0 N–H and O–H groups in total. The summed E-state index contributed by atoms with van der Waals surface area (Å²) in [4.78, 5) is 4.06. The maximum Gasteiger partial charge on any atom is 0.165 e. The van der Waals surface area contributed by atoms with Gasteiger partial charge in [0.2, 0.25) is 0 Å². The van der Waals surface area contributed by atoms with Crippen LogP contribution in [0.15, 0.2) is 30.9 Å². The van der Waals surface area contributed by atoms with Crippen molar-refractivity contribution in [2.24, 2.45) is 0 Å². The zero-order chi connectivity index (χ0) is 12.3. The maximum atomic E-state index is 5.74. The molecule has 0 spiro atoms. The number of rotatable bonds is 4. The summed E-state index contributed by atoms with van der Waals surface area (Å²) in [5.74, 6) is 1.80. The van der Waals surface area contributed by atoms with Gasteiger partial charge in [-0.25, -0.2) is 0 Å². The van der Waals surface area contributed by atoms with E-state index in [2.05, 4.69) is 23.9 Å². The molecule has 0 amide bonds. The van der Waals surface area contributed by atoms with E-state index in [0.717, 1.165) is 5.56 Å². The van der Waals surface area contributed by atoms with Crippen LogP contribution < -0.4 is 4.74 Å². The van der Waals surface area contributed by atoms with Crippen LogP contribution in [0, 0.1) is 0 Å². The summed E-state index contributed by atoms with van der Waals surface area (Å²) >= 11 is 5.74. The average molecular weight is 252 g/mol. The molecule has 0 saturated heterocycles. The van der Waals surface area contributed by atoms with Crippen molar-refractivity contribution in [1.82, 2.24) is 14.8 Å². The first-order chi connectivity index (χ1) is 8.19. The number of hydrogen-bond donors (Lipinski definition) is 0. The molecule has 4 nitrogen and oxygen atoms in total. The molecule has 5 heteroatoms. The summed E-state index contributed by atoms with van der Waals surface area (Å²) in [6.07, 6.45) is 6.92. The molecule has 0 aliphatic carbocycles. The van der Waals surface area contributed by atoms with Crippen LogP contribution >= 0.6 is 11.6 Å². The molecule has 0 aliphatic heterocycles. The molecular weight excluding hydrogens is 238 g/mol. The van der Waals surface area contributed by atoms with Gasteiger partial charge in [-0.3, -0.25) is 9.67 Å². The highest BCUT2D eigenvalue weighted by molar-refractivity contribution is 6.17. The van der Waals surface area contributed by atoms with E-state index < -0.39 is 0 Å². The van der Waals surface area contributed by atoms with E-state index in [1.165, 1.54) is 0 Å². The molecule has 0 atom stereocenters. The van der Waals surface area contributed by atoms with Crippen molar-refractivity contribution in [1.29, 1.82) is 0 Å². The average Bonchev–Trinajstić information content (AvgIpc) is 2.78. The zero-order valence-corrected chi connectivity index (χ0v) is 10.6. The summed E-state index contributed by atoms with van der Waals surface area (Å²) in [6.45, 7) is 4.12. The van der Waals surface area contributed by atoms with Crippen LogP contribution in [-0.2, 0) is 5.88 Å². The van der Waals surface area contributed by atoms with Crippen molar-refractivity contribution in [2.75, 3.05) is 0 Å². The van der Waals surface area contributed by atoms with Crippen LogP contribution in [0.3, 0.4) is 0 Å². The highest BCUT2D eigenvalue weighted by atomic mass is 35.5. The number of nitrogens with zero attached hydrogens (tertiary/aromatic N) is 3. The number of ether oxygens (including phenoxy) is 1. The van der Waals surface area contributed by atoms with Crippen molar-refractivity contribution in [3.05, 3.63) is 36.4 Å². The second-order valence-corrected chi connectivity index (χ2v) is 4.28. The van der Waals surface area contributed by atoms with Gasteiger partial charge in [0, 0.05) is 18.1 Å². The standard InChI is InChI=1S/C12H14ClN3O/c1-9(2)16-8-12(7-15-16)17-11-3-10(4-13)5-14-6-11/h3,5-9H,4H2,1-2H3. The Morgan fingerprint density at radius 3 is 2.76 bits per heavy atom. The van der Waals surface area contributed by atoms with E-state index in [1.807, 2.05) is 16.9 Å². The fraction of sp³-hybridized carbons (Fsp3) is 0.333. The third-order valence-electron chi connectivity index (χ3n) is 2.27. The van der Waals surface area contributed by atoms with Crippen molar-refractivity contribution in [2.45, 2.75) is 25.8 Å². The van der Waals surface area contributed by atoms with E-state index in [-0.39, 0.29) is 0 Å². The monoisotopic (exact) mass is 251 g/mol. The van der Waals surface area contributed by atoms with E-state index >= 15 is 0 Å². The van der Waals surface area contributed by atoms with Crippen LogP contribution in [0.5, 0.6) is 11.5 Å². The third-order valence-corrected chi connectivity index (χ3v) is 2.58. The summed E-state index contributed by atoms with van der Waals surface area (Å²) in [5.41, 5.74) is 0.931. The normalized spacial score (nSPS) is 10.8. The minimum absolute atomic E-state index is 0.319. The third kappa shape index (κ3) is 2.97. The van der Waals surface area contributed by atoms with Gasteiger partial charge < -0.3 is 4.74 Å². The Morgan fingerprint density at radius 1 is 1.29 bits per heavy atom. The molecule has 0 aliphatic rings. The molecule has 0 unspecified atom stereocenters. The van der Waals surface area contributed by atoms with Gasteiger partial charge in [-0.15, -0.1) is 11.6 Å². The number of pyridine rings is 1. The quantitative estimate of drug-likeness (QED) is 0.782. The first-order valence-electron chi connectivity index (χ1n) is 5.41. The molecule has 0 bridgehead atoms. The number of aromatic nitrogens is 3. The molecule has 0 radical (unpaired) electrons. The molecule has 2 aromatic heterocycles. The highest BCUT2D eigenvalue weighted by Gasteiger charge is 2.04. The molecule has 90 valence electrons. The molecule has 0 saturated carbocycles. The fourth-order valence-corrected chi connectivity index (χ4v) is 1.53. The van der Waals surface area contributed by atoms with Gasteiger partial charge in [0.25, 0.3) is 0 Å². The Hall–Kier alpha value is -1.55. The lowest BCUT2D eigenvalue weighted by atomic mass is 10.3. The molecule has 0 aromatic carbocycles. The van der Waals surface area contributed by atoms with Gasteiger partial charge in [-0.2, -0.15) is 5.10 Å². The van der Waals surface area contributed by atoms with E-state index in [1.54, 1.807) is 18.6 Å². The first kappa shape index (κ1) is 11.9. The topological polar surface area (TPSA) is 39.9 Å². The predicted octanol–water partition coefficient (Wildman–Crippen LogP) is 3.39. The van der Waals surface area contributed by atoms with E-state index in [0.29, 0.717) is 23.4 Å². The lowest BCUT2D eigenvalue weighted by molar-refractivity contribution is 0.474. The van der Waals surface area contributed by atoms with Crippen LogP contribution in [0.25, 0.3) is 0 Å². The molecule has 2 rings (SSSR count). The smallest absolute Gasteiger partial charge is 0.165 e. The zero-order valence-electron chi connectivity index (χ0n) is 9.80. The Kier molecular flexibility index (Phi) is 3.64. The molecular formula is C12H14ClN3O. The lowest BCUT2D eigenvalue weighted by Crippen LogP contribution is -1.99. The predicted molar refractivity (Wildman–Crippen MR) is 66.5 cm³/mol. The van der Waals surface area contributed by atoms with Crippen LogP contribution in [0.1, 0.15) is 25.5 Å². The largest absolute Gasteiger partial charge is 0.452 e. The first-order valence-corrected chi connectivity index (χ1v) is 5.94. The summed E-state index contributed by atoms with van der Waals surface area (Å²) in [6, 6.07) is 2.19. The van der Waals surface area contributed by atoms with E-state index in [9.17, 15) is 0 Å². The molecule has 2 aromatic rings. The maximum absolute atomic E-state index is 5.74. The minimum atomic E-state index is 0.319. The minimum Gasteiger partial charge on any atom is -0.452 e. The second kappa shape index (κ2) is 5.19. The molecule has 0 fully saturated rings. The second-order valence-electron chi connectivity index (χ2n) is 4.01. The van der Waals surface area contributed by atoms with Gasteiger partial charge in [-0.05, 0) is 25.5 Å². The Bertz CT molecular complexity index is 496. The Morgan fingerprint density at radius 2 is 2.12 bits per heavy atom. The highest BCUT2D eigenvalue weighted by Crippen LogP contribution is 2.22. The van der Waals surface area contributed by atoms with Crippen LogP contribution in [0.4, 0.5) is 0 Å². The number of hydrogen-bond acceptors (Lipinski definition) is 3. The lowest BCUT2D eigenvalue weighted by Gasteiger charge is -2.04. The fourth-order valence-electron chi connectivity index (χ4n) is 1.38. The van der Waals surface area contributed by atoms with Gasteiger partial charge >= 0.3 is 0 Å². The van der Waals surface area contributed by atoms with Crippen molar-refractivity contribution < 1.29 is 4.74 Å². The van der Waals surface area contributed by atoms with Crippen LogP contribution in [0.2, 0.25) is 0 Å². The van der Waals surface area contributed by atoms with Crippen LogP contribution in [-0.4, -0.2) is 14.8 Å². The van der Waals surface area contributed by atoms with Crippen molar-refractivity contribution in [3.8, 4) is 11.5 Å². The van der Waals surface area contributed by atoms with Gasteiger partial charge in [0.15, 0.2) is 5.75 Å². The summed E-state index contributed by atoms with van der Waals surface area (Å²) < 4.78 is 7.49. The summed E-state index contributed by atoms with van der Waals surface area (Å²) in [7, 11) is 0. The summed E-state index contributed by atoms with van der Waals surface area (Å²) in [5, 5.41) is 4.20. The number of alkyl halides is 1. The Labute approximate surface area is 105 Å². The number of halogens is 1. The van der Waals surface area contributed by atoms with E-state index in [4.69, 9.17) is 16.3 Å². The molecule has 17 heavy (non-hydrogen) atoms.